The summed E-state index contributed by atoms with van der Waals surface area (Å²) in [6.07, 6.45) is 0. The summed E-state index contributed by atoms with van der Waals surface area (Å²) >= 11 is 11.7. The molecular weight excluding hydrogens is 291 g/mol. The molecule has 0 heterocycles. The summed E-state index contributed by atoms with van der Waals surface area (Å²) in [7, 11) is 0. The zero-order chi connectivity index (χ0) is 14.0. The van der Waals surface area contributed by atoms with Gasteiger partial charge in [-0.05, 0) is 36.8 Å². The number of nitrogens with one attached hydrogen (secondary N) is 1. The first-order valence-corrected chi connectivity index (χ1v) is 6.40. The molecule has 0 aliphatic heterocycles. The van der Waals surface area contributed by atoms with E-state index in [0.717, 1.165) is 0 Å². The van der Waals surface area contributed by atoms with Crippen LogP contribution in [0.2, 0.25) is 10.0 Å². The van der Waals surface area contributed by atoms with Crippen LogP contribution in [0.3, 0.4) is 0 Å². The molecule has 0 amide bonds. The molecule has 100 valence electrons. The summed E-state index contributed by atoms with van der Waals surface area (Å²) in [5, 5.41) is 3.30. The van der Waals surface area contributed by atoms with Crippen LogP contribution >= 0.6 is 23.2 Å². The number of anilines is 1. The fourth-order valence-corrected chi connectivity index (χ4v) is 2.28. The van der Waals surface area contributed by atoms with E-state index in [2.05, 4.69) is 5.32 Å². The predicted molar refractivity (Wildman–Crippen MR) is 74.9 cm³/mol. The second-order valence-corrected chi connectivity index (χ2v) is 4.95. The molecule has 0 saturated heterocycles. The number of hydrogen-bond acceptors (Lipinski definition) is 1. The highest BCUT2D eigenvalue weighted by atomic mass is 35.5. The van der Waals surface area contributed by atoms with E-state index >= 15 is 0 Å². The van der Waals surface area contributed by atoms with Crippen molar-refractivity contribution < 1.29 is 8.78 Å². The first-order valence-electron chi connectivity index (χ1n) is 5.64. The molecular formula is C14H11Cl2F2N. The maximum absolute atomic E-state index is 13.8. The van der Waals surface area contributed by atoms with E-state index in [1.54, 1.807) is 25.1 Å². The molecule has 0 bridgehead atoms. The summed E-state index contributed by atoms with van der Waals surface area (Å²) < 4.78 is 26.7. The van der Waals surface area contributed by atoms with Gasteiger partial charge in [0.25, 0.3) is 0 Å². The Morgan fingerprint density at radius 1 is 1.05 bits per heavy atom. The third-order valence-electron chi connectivity index (χ3n) is 2.75. The molecule has 2 aromatic carbocycles. The fraction of sp³-hybridized carbons (Fsp3) is 0.143. The first-order chi connectivity index (χ1) is 8.99. The highest BCUT2D eigenvalue weighted by molar-refractivity contribution is 6.31. The van der Waals surface area contributed by atoms with E-state index in [0.29, 0.717) is 10.6 Å². The van der Waals surface area contributed by atoms with Crippen LogP contribution in [-0.2, 0) is 0 Å². The van der Waals surface area contributed by atoms with Crippen molar-refractivity contribution in [2.45, 2.75) is 13.0 Å². The van der Waals surface area contributed by atoms with Crippen molar-refractivity contribution >= 4 is 28.9 Å². The monoisotopic (exact) mass is 301 g/mol. The minimum Gasteiger partial charge on any atom is -0.376 e. The lowest BCUT2D eigenvalue weighted by Gasteiger charge is -2.17. The third-order valence-corrected chi connectivity index (χ3v) is 3.37. The average molecular weight is 302 g/mol. The molecule has 0 spiro atoms. The van der Waals surface area contributed by atoms with Crippen molar-refractivity contribution in [3.63, 3.8) is 0 Å². The second-order valence-electron chi connectivity index (χ2n) is 4.13. The smallest absolute Gasteiger partial charge is 0.164 e. The van der Waals surface area contributed by atoms with Crippen LogP contribution < -0.4 is 5.32 Å². The van der Waals surface area contributed by atoms with Crippen molar-refractivity contribution in [3.05, 3.63) is 63.6 Å². The van der Waals surface area contributed by atoms with E-state index in [9.17, 15) is 8.78 Å². The van der Waals surface area contributed by atoms with Crippen LogP contribution in [0.15, 0.2) is 36.4 Å². The van der Waals surface area contributed by atoms with Crippen LogP contribution in [0, 0.1) is 11.6 Å². The Bertz CT molecular complexity index is 602. The maximum atomic E-state index is 13.8. The molecule has 1 atom stereocenters. The fourth-order valence-electron chi connectivity index (χ4n) is 1.78. The van der Waals surface area contributed by atoms with Gasteiger partial charge in [0.2, 0.25) is 0 Å². The SMILES string of the molecule is CC(Nc1cccc(Cl)c1F)c1ccc(F)cc1Cl. The van der Waals surface area contributed by atoms with Gasteiger partial charge in [0.15, 0.2) is 5.82 Å². The van der Waals surface area contributed by atoms with Crippen LogP contribution in [0.4, 0.5) is 14.5 Å². The number of halogens is 4. The molecule has 2 aromatic rings. The van der Waals surface area contributed by atoms with E-state index < -0.39 is 11.6 Å². The van der Waals surface area contributed by atoms with Crippen LogP contribution in [0.25, 0.3) is 0 Å². The van der Waals surface area contributed by atoms with Gasteiger partial charge in [0.05, 0.1) is 16.8 Å². The minimum absolute atomic E-state index is 0.0439. The molecule has 0 aromatic heterocycles. The molecule has 0 saturated carbocycles. The van der Waals surface area contributed by atoms with Gasteiger partial charge in [-0.15, -0.1) is 0 Å². The van der Waals surface area contributed by atoms with E-state index in [-0.39, 0.29) is 16.8 Å². The average Bonchev–Trinajstić information content (AvgIpc) is 2.34. The van der Waals surface area contributed by atoms with Crippen molar-refractivity contribution in [1.29, 1.82) is 0 Å². The van der Waals surface area contributed by atoms with Gasteiger partial charge < -0.3 is 5.32 Å². The molecule has 5 heteroatoms. The molecule has 2 rings (SSSR count). The van der Waals surface area contributed by atoms with Crippen molar-refractivity contribution in [1.82, 2.24) is 0 Å². The zero-order valence-corrected chi connectivity index (χ0v) is 11.6. The first kappa shape index (κ1) is 14.1. The standard InChI is InChI=1S/C14H11Cl2F2N/c1-8(10-6-5-9(17)7-12(10)16)19-13-4-2-3-11(15)14(13)18/h2-8,19H,1H3. The summed E-state index contributed by atoms with van der Waals surface area (Å²) in [6, 6.07) is 8.52. The summed E-state index contributed by atoms with van der Waals surface area (Å²) in [6.45, 7) is 1.81. The van der Waals surface area contributed by atoms with Crippen molar-refractivity contribution in [2.75, 3.05) is 5.32 Å². The number of rotatable bonds is 3. The topological polar surface area (TPSA) is 12.0 Å². The number of benzene rings is 2. The quantitative estimate of drug-likeness (QED) is 0.795. The van der Waals surface area contributed by atoms with Gasteiger partial charge in [-0.3, -0.25) is 0 Å². The Balaban J connectivity index is 2.25. The van der Waals surface area contributed by atoms with Crippen molar-refractivity contribution in [2.24, 2.45) is 0 Å². The molecule has 0 radical (unpaired) electrons. The van der Waals surface area contributed by atoms with Crippen LogP contribution in [0.5, 0.6) is 0 Å². The van der Waals surface area contributed by atoms with Gasteiger partial charge in [0, 0.05) is 5.02 Å². The maximum Gasteiger partial charge on any atom is 0.164 e. The Labute approximate surface area is 120 Å². The lowest BCUT2D eigenvalue weighted by Crippen LogP contribution is -2.08. The van der Waals surface area contributed by atoms with Crippen molar-refractivity contribution in [3.8, 4) is 0 Å². The lowest BCUT2D eigenvalue weighted by molar-refractivity contribution is 0.624. The summed E-state index contributed by atoms with van der Waals surface area (Å²) in [5.74, 6) is -0.927. The molecule has 1 nitrogen and oxygen atoms in total. The van der Waals surface area contributed by atoms with Gasteiger partial charge in [-0.2, -0.15) is 0 Å². The van der Waals surface area contributed by atoms with Gasteiger partial charge in [0.1, 0.15) is 5.82 Å². The van der Waals surface area contributed by atoms with E-state index in [1.807, 2.05) is 0 Å². The molecule has 19 heavy (non-hydrogen) atoms. The number of hydrogen-bond donors (Lipinski definition) is 1. The molecule has 1 unspecified atom stereocenters. The van der Waals surface area contributed by atoms with E-state index in [4.69, 9.17) is 23.2 Å². The van der Waals surface area contributed by atoms with E-state index in [1.165, 1.54) is 18.2 Å². The highest BCUT2D eigenvalue weighted by Crippen LogP contribution is 2.29. The predicted octanol–water partition coefficient (Wildman–Crippen LogP) is 5.44. The molecule has 1 N–H and O–H groups in total. The highest BCUT2D eigenvalue weighted by Gasteiger charge is 2.13. The molecule has 0 aliphatic carbocycles. The summed E-state index contributed by atoms with van der Waals surface area (Å²) in [5.41, 5.74) is 0.961. The zero-order valence-electron chi connectivity index (χ0n) is 10.1. The molecule has 0 aliphatic rings. The van der Waals surface area contributed by atoms with Crippen LogP contribution in [-0.4, -0.2) is 0 Å². The second kappa shape index (κ2) is 5.76. The molecule has 0 fully saturated rings. The Morgan fingerprint density at radius 3 is 2.47 bits per heavy atom. The normalized spacial score (nSPS) is 12.3. The minimum atomic E-state index is -0.519. The summed E-state index contributed by atoms with van der Waals surface area (Å²) in [4.78, 5) is 0. The Hall–Kier alpha value is -1.32. The van der Waals surface area contributed by atoms with Gasteiger partial charge in [-0.25, -0.2) is 8.78 Å². The Morgan fingerprint density at radius 2 is 1.79 bits per heavy atom. The van der Waals surface area contributed by atoms with Crippen LogP contribution in [0.1, 0.15) is 18.5 Å². The Kier molecular flexibility index (Phi) is 4.27. The van der Waals surface area contributed by atoms with Gasteiger partial charge in [-0.1, -0.05) is 35.3 Å². The lowest BCUT2D eigenvalue weighted by atomic mass is 10.1. The third kappa shape index (κ3) is 3.17. The largest absolute Gasteiger partial charge is 0.376 e. The van der Waals surface area contributed by atoms with Gasteiger partial charge >= 0.3 is 0 Å².